The summed E-state index contributed by atoms with van der Waals surface area (Å²) >= 11 is 0. The van der Waals surface area contributed by atoms with E-state index in [2.05, 4.69) is 24.8 Å². The van der Waals surface area contributed by atoms with Crippen molar-refractivity contribution in [3.8, 4) is 0 Å². The molecule has 19 heteroatoms. The maximum Gasteiger partial charge on any atom is 0.469 e. The van der Waals surface area contributed by atoms with Gasteiger partial charge >= 0.3 is 13.8 Å². The minimum atomic E-state index is -4.72. The zero-order valence-electron chi connectivity index (χ0n) is 18.2. The Morgan fingerprint density at radius 1 is 1.31 bits per heavy atom. The Hall–Kier alpha value is -2.96. The summed E-state index contributed by atoms with van der Waals surface area (Å²) in [5.41, 5.74) is 16.5. The number of nitrogens with one attached hydrogen (secondary N) is 2. The van der Waals surface area contributed by atoms with Gasteiger partial charge < -0.3 is 52.4 Å². The summed E-state index contributed by atoms with van der Waals surface area (Å²) in [6.45, 7) is -0.112. The van der Waals surface area contributed by atoms with Crippen LogP contribution in [0.3, 0.4) is 0 Å². The summed E-state index contributed by atoms with van der Waals surface area (Å²) < 4.78 is 21.8. The molecular formula is C16H28N9O9P. The number of carboxylic acids is 1. The van der Waals surface area contributed by atoms with Crippen molar-refractivity contribution in [3.63, 3.8) is 0 Å². The van der Waals surface area contributed by atoms with Crippen LogP contribution in [0.1, 0.15) is 19.1 Å². The number of imidazole rings is 1. The number of anilines is 1. The molecule has 3 heterocycles. The van der Waals surface area contributed by atoms with Gasteiger partial charge in [-0.3, -0.25) is 19.3 Å². The van der Waals surface area contributed by atoms with Crippen LogP contribution in [-0.4, -0.2) is 94.1 Å². The van der Waals surface area contributed by atoms with Gasteiger partial charge in [-0.05, 0) is 12.8 Å². The predicted molar refractivity (Wildman–Crippen MR) is 118 cm³/mol. The first-order chi connectivity index (χ1) is 16.3. The molecule has 0 aliphatic carbocycles. The number of ether oxygens (including phenoxy) is 1. The molecule has 0 unspecified atom stereocenters. The molecule has 13 N–H and O–H groups in total. The molecule has 2 aromatic heterocycles. The fraction of sp³-hybridized carbons (Fsp3) is 0.562. The van der Waals surface area contributed by atoms with Crippen LogP contribution in [0.5, 0.6) is 0 Å². The number of rotatable bonds is 9. The smallest absolute Gasteiger partial charge is 0.469 e. The van der Waals surface area contributed by atoms with Gasteiger partial charge in [-0.2, -0.15) is 0 Å². The lowest BCUT2D eigenvalue weighted by molar-refractivity contribution is -0.138. The molecule has 1 aliphatic heterocycles. The molecule has 3 rings (SSSR count). The fourth-order valence-corrected chi connectivity index (χ4v) is 3.33. The molecule has 0 saturated carbocycles. The lowest BCUT2D eigenvalue weighted by atomic mass is 10.1. The third-order valence-corrected chi connectivity index (χ3v) is 5.22. The van der Waals surface area contributed by atoms with Gasteiger partial charge in [-0.15, -0.1) is 0 Å². The van der Waals surface area contributed by atoms with Crippen LogP contribution in [0.2, 0.25) is 0 Å². The molecule has 196 valence electrons. The van der Waals surface area contributed by atoms with Crippen LogP contribution < -0.4 is 22.5 Å². The molecule has 0 radical (unpaired) electrons. The summed E-state index contributed by atoms with van der Waals surface area (Å²) in [5.74, 6) is -0.972. The second kappa shape index (κ2) is 12.1. The maximum atomic E-state index is 10.7. The Morgan fingerprint density at radius 3 is 2.60 bits per heavy atom. The molecule has 1 fully saturated rings. The summed E-state index contributed by atoms with van der Waals surface area (Å²) in [7, 11) is -4.72. The molecule has 1 aliphatic rings. The number of nitrogens with two attached hydrogens (primary N) is 3. The molecule has 0 bridgehead atoms. The van der Waals surface area contributed by atoms with Crippen molar-refractivity contribution in [3.05, 3.63) is 12.7 Å². The van der Waals surface area contributed by atoms with Gasteiger partial charge in [0.1, 0.15) is 36.2 Å². The molecule has 0 aromatic carbocycles. The average molecular weight is 521 g/mol. The third kappa shape index (κ3) is 8.05. The number of fused-ring (bicyclic) bond motifs is 1. The van der Waals surface area contributed by atoms with Gasteiger partial charge in [0, 0.05) is 6.54 Å². The number of carboxylic acid groups (broad SMARTS) is 1. The summed E-state index contributed by atoms with van der Waals surface area (Å²) in [6.07, 6.45) is -1.52. The highest BCUT2D eigenvalue weighted by Gasteiger charge is 2.45. The van der Waals surface area contributed by atoms with Crippen LogP contribution in [0, 0.1) is 5.41 Å². The number of guanidine groups is 1. The molecule has 0 spiro atoms. The van der Waals surface area contributed by atoms with Gasteiger partial charge in [0.15, 0.2) is 23.7 Å². The van der Waals surface area contributed by atoms with E-state index in [9.17, 15) is 19.6 Å². The van der Waals surface area contributed by atoms with Crippen molar-refractivity contribution in [2.24, 2.45) is 11.5 Å². The second-order valence-electron chi connectivity index (χ2n) is 7.34. The van der Waals surface area contributed by atoms with Crippen LogP contribution in [0.4, 0.5) is 5.82 Å². The van der Waals surface area contributed by atoms with Crippen LogP contribution in [0.15, 0.2) is 12.7 Å². The molecule has 0 amide bonds. The first-order valence-electron chi connectivity index (χ1n) is 10.0. The number of carbonyl (C=O) groups is 1. The highest BCUT2D eigenvalue weighted by atomic mass is 31.2. The molecule has 5 atom stereocenters. The van der Waals surface area contributed by atoms with Crippen molar-refractivity contribution in [2.45, 2.75) is 43.4 Å². The van der Waals surface area contributed by atoms with E-state index in [0.717, 1.165) is 0 Å². The standard InChI is InChI=1S/C10H14N5O7P.C6H14N4O2/c11-8-5-9(13-2-12-8)15(3-14-5)10-7(17)6(16)4(22-10)1-21-23(18,19)20;7-4(5(11)12)2-1-3-10-6(8)9/h2-4,6-7,10,16-17H,1H2,(H2,11,12,13)(H2,18,19,20);4H,1-3,7H2,(H,11,12)(H4,8,9,10)/t4-,6-,7-,10-;4-/m10/s1. The number of aliphatic hydroxyl groups is 2. The van der Waals surface area contributed by atoms with Gasteiger partial charge in [0.2, 0.25) is 0 Å². The van der Waals surface area contributed by atoms with Gasteiger partial charge in [0.25, 0.3) is 0 Å². The van der Waals surface area contributed by atoms with E-state index in [1.54, 1.807) is 0 Å². The van der Waals surface area contributed by atoms with Crippen LogP contribution in [-0.2, 0) is 18.6 Å². The number of aliphatic carboxylic acids is 1. The normalized spacial score (nSPS) is 22.9. The van der Waals surface area contributed by atoms with E-state index in [1.165, 1.54) is 17.2 Å². The van der Waals surface area contributed by atoms with Crippen LogP contribution in [0.25, 0.3) is 11.2 Å². The SMILES string of the molecule is N=C(N)NCCC[C@H](N)C(=O)O.Nc1ncnc2c1ncn2[C@@H]1O[C@H](COP(=O)(O)O)[C@@H](O)[C@H]1O. The molecule has 35 heavy (non-hydrogen) atoms. The van der Waals surface area contributed by atoms with E-state index in [1.807, 2.05) is 0 Å². The first kappa shape index (κ1) is 28.3. The number of phosphoric ester groups is 1. The highest BCUT2D eigenvalue weighted by Crippen LogP contribution is 2.38. The number of hydrogen-bond acceptors (Lipinski definition) is 12. The van der Waals surface area contributed by atoms with Gasteiger partial charge in [-0.25, -0.2) is 19.5 Å². The van der Waals surface area contributed by atoms with Crippen molar-refractivity contribution >= 4 is 36.7 Å². The quantitative estimate of drug-likeness (QED) is 0.0672. The second-order valence-corrected chi connectivity index (χ2v) is 8.58. The summed E-state index contributed by atoms with van der Waals surface area (Å²) in [5, 5.41) is 37.8. The third-order valence-electron chi connectivity index (χ3n) is 4.73. The minimum absolute atomic E-state index is 0.112. The molecular weight excluding hydrogens is 493 g/mol. The number of phosphoric acid groups is 1. The number of nitrogens with zero attached hydrogens (tertiary/aromatic N) is 4. The molecule has 2 aromatic rings. The average Bonchev–Trinajstić information content (AvgIpc) is 3.31. The topological polar surface area (TPSA) is 311 Å². The summed E-state index contributed by atoms with van der Waals surface area (Å²) in [6, 6.07) is -0.821. The Labute approximate surface area is 197 Å². The first-order valence-corrected chi connectivity index (χ1v) is 11.6. The summed E-state index contributed by atoms with van der Waals surface area (Å²) in [4.78, 5) is 39.4. The van der Waals surface area contributed by atoms with Gasteiger partial charge in [0.05, 0.1) is 12.9 Å². The zero-order valence-corrected chi connectivity index (χ0v) is 19.1. The lowest BCUT2D eigenvalue weighted by Crippen LogP contribution is -2.34. The maximum absolute atomic E-state index is 10.7. The largest absolute Gasteiger partial charge is 0.480 e. The highest BCUT2D eigenvalue weighted by molar-refractivity contribution is 7.46. The van der Waals surface area contributed by atoms with Gasteiger partial charge in [-0.1, -0.05) is 0 Å². The Balaban J connectivity index is 0.000000307. The predicted octanol–water partition coefficient (Wildman–Crippen LogP) is -3.20. The minimum Gasteiger partial charge on any atom is -0.480 e. The number of aliphatic hydroxyl groups excluding tert-OH is 2. The lowest BCUT2D eigenvalue weighted by Gasteiger charge is -2.16. The molecule has 18 nitrogen and oxygen atoms in total. The number of hydrogen-bond donors (Lipinski definition) is 10. The monoisotopic (exact) mass is 521 g/mol. The van der Waals surface area contributed by atoms with Crippen molar-refractivity contribution < 1.29 is 43.7 Å². The fourth-order valence-electron chi connectivity index (χ4n) is 2.99. The number of aromatic nitrogens is 4. The van der Waals surface area contributed by atoms with Crippen molar-refractivity contribution in [1.29, 1.82) is 5.41 Å². The molecule has 1 saturated heterocycles. The zero-order chi connectivity index (χ0) is 26.3. The Kier molecular flexibility index (Phi) is 9.81. The Bertz CT molecular complexity index is 1060. The van der Waals surface area contributed by atoms with E-state index in [0.29, 0.717) is 24.9 Å². The van der Waals surface area contributed by atoms with E-state index in [-0.39, 0.29) is 17.4 Å². The van der Waals surface area contributed by atoms with E-state index in [4.69, 9.17) is 42.2 Å². The van der Waals surface area contributed by atoms with E-state index >= 15 is 0 Å². The van der Waals surface area contributed by atoms with Crippen LogP contribution >= 0.6 is 7.82 Å². The van der Waals surface area contributed by atoms with Crippen molar-refractivity contribution in [1.82, 2.24) is 24.8 Å². The van der Waals surface area contributed by atoms with Crippen molar-refractivity contribution in [2.75, 3.05) is 18.9 Å². The number of nitrogen functional groups attached to an aromatic ring is 1. The Morgan fingerprint density at radius 2 is 2.00 bits per heavy atom. The van der Waals surface area contributed by atoms with E-state index < -0.39 is 51.0 Å².